The summed E-state index contributed by atoms with van der Waals surface area (Å²) in [5.74, 6) is 0.139. The second-order valence-electron chi connectivity index (χ2n) is 6.86. The standard InChI is InChI=1S/C18H27ClN2O2/c19-17-11-14(5-6-18(17)23)12-20-8-9-21(15-3-1-2-4-15)16(13-20)7-10-22/h5-6,11,15-16,22-23H,1-4,7-10,12-13H2/t16-/m0/s1. The number of halogens is 1. The predicted octanol–water partition coefficient (Wildman–Crippen LogP) is 2.86. The lowest BCUT2D eigenvalue weighted by atomic mass is 10.0. The van der Waals surface area contributed by atoms with Crippen molar-refractivity contribution in [3.8, 4) is 5.75 Å². The van der Waals surface area contributed by atoms with E-state index >= 15 is 0 Å². The van der Waals surface area contributed by atoms with E-state index in [1.165, 1.54) is 25.7 Å². The van der Waals surface area contributed by atoms with E-state index in [2.05, 4.69) is 9.80 Å². The highest BCUT2D eigenvalue weighted by Crippen LogP contribution is 2.29. The molecule has 0 radical (unpaired) electrons. The summed E-state index contributed by atoms with van der Waals surface area (Å²) in [4.78, 5) is 5.08. The number of hydrogen-bond acceptors (Lipinski definition) is 4. The highest BCUT2D eigenvalue weighted by Gasteiger charge is 2.32. The molecule has 1 atom stereocenters. The van der Waals surface area contributed by atoms with Crippen molar-refractivity contribution in [2.45, 2.75) is 50.7 Å². The summed E-state index contributed by atoms with van der Waals surface area (Å²) < 4.78 is 0. The molecule has 1 aliphatic carbocycles. The van der Waals surface area contributed by atoms with Gasteiger partial charge in [0.15, 0.2) is 0 Å². The largest absolute Gasteiger partial charge is 0.506 e. The van der Waals surface area contributed by atoms with Crippen LogP contribution in [-0.4, -0.2) is 58.3 Å². The molecule has 0 spiro atoms. The van der Waals surface area contributed by atoms with Crippen LogP contribution in [0.25, 0.3) is 0 Å². The van der Waals surface area contributed by atoms with Crippen LogP contribution in [0.4, 0.5) is 0 Å². The number of benzene rings is 1. The van der Waals surface area contributed by atoms with Crippen LogP contribution >= 0.6 is 11.6 Å². The van der Waals surface area contributed by atoms with Gasteiger partial charge in [-0.3, -0.25) is 9.80 Å². The van der Waals surface area contributed by atoms with Crippen LogP contribution in [0.15, 0.2) is 18.2 Å². The average Bonchev–Trinajstić information content (AvgIpc) is 3.06. The lowest BCUT2D eigenvalue weighted by Crippen LogP contribution is -2.55. The molecule has 1 heterocycles. The predicted molar refractivity (Wildman–Crippen MR) is 92.8 cm³/mol. The van der Waals surface area contributed by atoms with E-state index in [4.69, 9.17) is 11.6 Å². The molecule has 0 unspecified atom stereocenters. The van der Waals surface area contributed by atoms with E-state index in [1.54, 1.807) is 6.07 Å². The first-order chi connectivity index (χ1) is 11.2. The number of piperazine rings is 1. The molecule has 2 aliphatic rings. The molecular weight excluding hydrogens is 312 g/mol. The summed E-state index contributed by atoms with van der Waals surface area (Å²) in [5, 5.41) is 19.4. The number of aromatic hydroxyl groups is 1. The first kappa shape index (κ1) is 17.0. The van der Waals surface area contributed by atoms with Crippen molar-refractivity contribution in [1.29, 1.82) is 0 Å². The maximum absolute atomic E-state index is 9.54. The van der Waals surface area contributed by atoms with Gasteiger partial charge in [0, 0.05) is 44.9 Å². The third kappa shape index (κ3) is 4.18. The van der Waals surface area contributed by atoms with Crippen molar-refractivity contribution >= 4 is 11.6 Å². The van der Waals surface area contributed by atoms with Gasteiger partial charge in [-0.25, -0.2) is 0 Å². The average molecular weight is 339 g/mol. The first-order valence-corrected chi connectivity index (χ1v) is 9.11. The lowest BCUT2D eigenvalue weighted by molar-refractivity contribution is 0.0267. The molecule has 0 bridgehead atoms. The molecule has 2 N–H and O–H groups in total. The summed E-state index contributed by atoms with van der Waals surface area (Å²) in [6.45, 7) is 4.24. The molecule has 5 heteroatoms. The van der Waals surface area contributed by atoms with Gasteiger partial charge in [0.05, 0.1) is 5.02 Å². The first-order valence-electron chi connectivity index (χ1n) is 8.73. The Morgan fingerprint density at radius 3 is 2.65 bits per heavy atom. The maximum atomic E-state index is 9.54. The van der Waals surface area contributed by atoms with Gasteiger partial charge < -0.3 is 10.2 Å². The quantitative estimate of drug-likeness (QED) is 0.866. The van der Waals surface area contributed by atoms with Gasteiger partial charge in [-0.1, -0.05) is 30.5 Å². The van der Waals surface area contributed by atoms with Gasteiger partial charge in [0.25, 0.3) is 0 Å². The fourth-order valence-corrected chi connectivity index (χ4v) is 4.31. The number of phenols is 1. The van der Waals surface area contributed by atoms with Crippen LogP contribution in [0.5, 0.6) is 5.75 Å². The van der Waals surface area contributed by atoms with Crippen molar-refractivity contribution in [3.05, 3.63) is 28.8 Å². The normalized spacial score (nSPS) is 24.3. The molecule has 23 heavy (non-hydrogen) atoms. The Morgan fingerprint density at radius 2 is 1.96 bits per heavy atom. The highest BCUT2D eigenvalue weighted by molar-refractivity contribution is 6.32. The van der Waals surface area contributed by atoms with Crippen LogP contribution in [-0.2, 0) is 6.54 Å². The Morgan fingerprint density at radius 1 is 1.17 bits per heavy atom. The molecule has 1 saturated carbocycles. The molecule has 128 valence electrons. The summed E-state index contributed by atoms with van der Waals surface area (Å²) in [5.41, 5.74) is 1.13. The molecule has 1 aromatic carbocycles. The second kappa shape index (κ2) is 7.84. The number of rotatable bonds is 5. The van der Waals surface area contributed by atoms with Crippen LogP contribution in [0, 0.1) is 0 Å². The molecule has 1 saturated heterocycles. The number of nitrogens with zero attached hydrogens (tertiary/aromatic N) is 2. The minimum Gasteiger partial charge on any atom is -0.506 e. The molecule has 1 aliphatic heterocycles. The van der Waals surface area contributed by atoms with Gasteiger partial charge >= 0.3 is 0 Å². The van der Waals surface area contributed by atoms with Gasteiger partial charge in [-0.15, -0.1) is 0 Å². The van der Waals surface area contributed by atoms with Crippen LogP contribution < -0.4 is 0 Å². The number of phenolic OH excluding ortho intramolecular Hbond substituents is 1. The number of aliphatic hydroxyl groups excluding tert-OH is 1. The molecular formula is C18H27ClN2O2. The maximum Gasteiger partial charge on any atom is 0.134 e. The summed E-state index contributed by atoms with van der Waals surface area (Å²) in [7, 11) is 0. The SMILES string of the molecule is OCC[C@H]1CN(Cc2ccc(O)c(Cl)c2)CCN1C1CCCC1. The highest BCUT2D eigenvalue weighted by atomic mass is 35.5. The Hall–Kier alpha value is -0.810. The summed E-state index contributed by atoms with van der Waals surface area (Å²) in [6.07, 6.45) is 6.18. The smallest absolute Gasteiger partial charge is 0.134 e. The summed E-state index contributed by atoms with van der Waals surface area (Å²) in [6, 6.07) is 6.62. The lowest BCUT2D eigenvalue weighted by Gasteiger charge is -2.44. The van der Waals surface area contributed by atoms with E-state index in [9.17, 15) is 10.2 Å². The summed E-state index contributed by atoms with van der Waals surface area (Å²) >= 11 is 6.01. The second-order valence-corrected chi connectivity index (χ2v) is 7.27. The molecule has 3 rings (SSSR count). The van der Waals surface area contributed by atoms with Crippen LogP contribution in [0.1, 0.15) is 37.7 Å². The topological polar surface area (TPSA) is 46.9 Å². The van der Waals surface area contributed by atoms with Crippen LogP contribution in [0.2, 0.25) is 5.02 Å². The Balaban J connectivity index is 1.62. The fourth-order valence-electron chi connectivity index (χ4n) is 4.11. The van der Waals surface area contributed by atoms with Crippen molar-refractivity contribution in [3.63, 3.8) is 0 Å². The molecule has 4 nitrogen and oxygen atoms in total. The minimum absolute atomic E-state index is 0.139. The van der Waals surface area contributed by atoms with Crippen molar-refractivity contribution in [2.75, 3.05) is 26.2 Å². The van der Waals surface area contributed by atoms with E-state index in [1.807, 2.05) is 12.1 Å². The minimum atomic E-state index is 0.139. The molecule has 0 aromatic heterocycles. The van der Waals surface area contributed by atoms with Gasteiger partial charge in [0.2, 0.25) is 0 Å². The molecule has 0 amide bonds. The third-order valence-electron chi connectivity index (χ3n) is 5.29. The van der Waals surface area contributed by atoms with E-state index in [0.717, 1.165) is 44.2 Å². The van der Waals surface area contributed by atoms with Crippen molar-refractivity contribution in [2.24, 2.45) is 0 Å². The number of aliphatic hydroxyl groups is 1. The van der Waals surface area contributed by atoms with Crippen LogP contribution in [0.3, 0.4) is 0 Å². The Bertz CT molecular complexity index is 520. The van der Waals surface area contributed by atoms with Gasteiger partial charge in [-0.05, 0) is 37.0 Å². The van der Waals surface area contributed by atoms with E-state index < -0.39 is 0 Å². The fraction of sp³-hybridized carbons (Fsp3) is 0.667. The zero-order valence-corrected chi connectivity index (χ0v) is 14.4. The molecule has 2 fully saturated rings. The van der Waals surface area contributed by atoms with E-state index in [-0.39, 0.29) is 12.4 Å². The zero-order valence-electron chi connectivity index (χ0n) is 13.6. The van der Waals surface area contributed by atoms with Crippen molar-refractivity contribution in [1.82, 2.24) is 9.80 Å². The molecule has 1 aromatic rings. The Labute approximate surface area is 143 Å². The number of hydrogen-bond donors (Lipinski definition) is 2. The monoisotopic (exact) mass is 338 g/mol. The Kier molecular flexibility index (Phi) is 5.81. The zero-order chi connectivity index (χ0) is 16.2. The van der Waals surface area contributed by atoms with Gasteiger partial charge in [-0.2, -0.15) is 0 Å². The van der Waals surface area contributed by atoms with E-state index in [0.29, 0.717) is 11.1 Å². The van der Waals surface area contributed by atoms with Crippen molar-refractivity contribution < 1.29 is 10.2 Å². The van der Waals surface area contributed by atoms with Gasteiger partial charge in [0.1, 0.15) is 5.75 Å². The third-order valence-corrected chi connectivity index (χ3v) is 5.59.